The highest BCUT2D eigenvalue weighted by atomic mass is 16.5. The third-order valence-electron chi connectivity index (χ3n) is 4.13. The number of carboxylic acids is 1. The zero-order chi connectivity index (χ0) is 18.8. The van der Waals surface area contributed by atoms with Gasteiger partial charge in [-0.05, 0) is 42.0 Å². The molecule has 2 aromatic heterocycles. The van der Waals surface area contributed by atoms with Crippen molar-refractivity contribution >= 4 is 23.3 Å². The van der Waals surface area contributed by atoms with Crippen LogP contribution in [0.3, 0.4) is 0 Å². The Kier molecular flexibility index (Phi) is 4.18. The topological polar surface area (TPSA) is 88.8 Å². The van der Waals surface area contributed by atoms with E-state index in [1.807, 2.05) is 48.7 Å². The first-order valence-corrected chi connectivity index (χ1v) is 8.24. The molecule has 0 aliphatic rings. The molecule has 4 rings (SSSR count). The van der Waals surface area contributed by atoms with Crippen molar-refractivity contribution in [1.82, 2.24) is 14.6 Å². The van der Waals surface area contributed by atoms with E-state index in [2.05, 4.69) is 15.4 Å². The van der Waals surface area contributed by atoms with Crippen LogP contribution in [0.25, 0.3) is 16.8 Å². The van der Waals surface area contributed by atoms with Gasteiger partial charge in [0.25, 0.3) is 0 Å². The second-order valence-corrected chi connectivity index (χ2v) is 5.87. The third-order valence-corrected chi connectivity index (χ3v) is 4.13. The number of para-hydroxylation sites is 2. The monoisotopic (exact) mass is 360 g/mol. The number of pyridine rings is 1. The van der Waals surface area contributed by atoms with Crippen molar-refractivity contribution in [3.05, 3.63) is 72.4 Å². The largest absolute Gasteiger partial charge is 0.495 e. The zero-order valence-electron chi connectivity index (χ0n) is 14.5. The summed E-state index contributed by atoms with van der Waals surface area (Å²) in [5.74, 6) is 0.181. The number of nitrogens with zero attached hydrogens (tertiary/aromatic N) is 3. The summed E-state index contributed by atoms with van der Waals surface area (Å²) in [5.41, 5.74) is 3.33. The van der Waals surface area contributed by atoms with Crippen molar-refractivity contribution in [2.75, 3.05) is 12.4 Å². The Bertz CT molecular complexity index is 1140. The highest BCUT2D eigenvalue weighted by Crippen LogP contribution is 2.26. The standard InChI is InChI=1S/C20H16N4O3/c1-27-17-8-3-2-7-16(17)21-20-22-18-10-9-15(12-24(18)23-20)13-5-4-6-14(11-13)19(25)26/h2-12H,1H3,(H,21,23)(H,25,26). The number of anilines is 2. The number of carboxylic acid groups (broad SMARTS) is 1. The average Bonchev–Trinajstić information content (AvgIpc) is 3.10. The van der Waals surface area contributed by atoms with Gasteiger partial charge in [-0.1, -0.05) is 24.3 Å². The van der Waals surface area contributed by atoms with Crippen molar-refractivity contribution in [3.8, 4) is 16.9 Å². The molecule has 0 atom stereocenters. The van der Waals surface area contributed by atoms with E-state index in [9.17, 15) is 4.79 Å². The molecule has 0 spiro atoms. The van der Waals surface area contributed by atoms with Gasteiger partial charge in [-0.3, -0.25) is 0 Å². The summed E-state index contributed by atoms with van der Waals surface area (Å²) in [7, 11) is 1.61. The molecule has 2 aromatic carbocycles. The summed E-state index contributed by atoms with van der Waals surface area (Å²) in [6.45, 7) is 0. The Labute approximate surface area is 154 Å². The van der Waals surface area contributed by atoms with E-state index in [1.54, 1.807) is 29.8 Å². The Hall–Kier alpha value is -3.87. The van der Waals surface area contributed by atoms with E-state index in [0.717, 1.165) is 16.8 Å². The summed E-state index contributed by atoms with van der Waals surface area (Å²) < 4.78 is 6.98. The molecule has 0 fully saturated rings. The smallest absolute Gasteiger partial charge is 0.335 e. The molecular weight excluding hydrogens is 344 g/mol. The van der Waals surface area contributed by atoms with Crippen LogP contribution in [0.15, 0.2) is 66.9 Å². The lowest BCUT2D eigenvalue weighted by Gasteiger charge is -2.07. The lowest BCUT2D eigenvalue weighted by molar-refractivity contribution is 0.0697. The summed E-state index contributed by atoms with van der Waals surface area (Å²) in [6, 6.07) is 18.0. The molecule has 4 aromatic rings. The summed E-state index contributed by atoms with van der Waals surface area (Å²) in [5, 5.41) is 16.8. The molecule has 0 radical (unpaired) electrons. The third kappa shape index (κ3) is 3.30. The Morgan fingerprint density at radius 3 is 2.74 bits per heavy atom. The van der Waals surface area contributed by atoms with Crippen LogP contribution in [-0.4, -0.2) is 32.8 Å². The molecule has 0 saturated heterocycles. The quantitative estimate of drug-likeness (QED) is 0.562. The number of rotatable bonds is 5. The molecule has 2 heterocycles. The van der Waals surface area contributed by atoms with Crippen LogP contribution in [-0.2, 0) is 0 Å². The highest BCUT2D eigenvalue weighted by molar-refractivity contribution is 5.89. The maximum absolute atomic E-state index is 11.2. The molecule has 2 N–H and O–H groups in total. The fraction of sp³-hybridized carbons (Fsp3) is 0.0500. The highest BCUT2D eigenvalue weighted by Gasteiger charge is 2.09. The molecule has 7 heteroatoms. The van der Waals surface area contributed by atoms with Gasteiger partial charge in [0.1, 0.15) is 5.75 Å². The van der Waals surface area contributed by atoms with Crippen molar-refractivity contribution in [2.24, 2.45) is 0 Å². The number of fused-ring (bicyclic) bond motifs is 1. The maximum atomic E-state index is 11.2. The number of nitrogens with one attached hydrogen (secondary N) is 1. The lowest BCUT2D eigenvalue weighted by Crippen LogP contribution is -1.97. The normalized spacial score (nSPS) is 10.7. The minimum absolute atomic E-state index is 0.240. The van der Waals surface area contributed by atoms with Gasteiger partial charge in [-0.15, -0.1) is 5.10 Å². The van der Waals surface area contributed by atoms with Crippen molar-refractivity contribution in [1.29, 1.82) is 0 Å². The van der Waals surface area contributed by atoms with Crippen molar-refractivity contribution < 1.29 is 14.6 Å². The SMILES string of the molecule is COc1ccccc1Nc1nc2ccc(-c3cccc(C(=O)O)c3)cn2n1. The molecule has 0 amide bonds. The fourth-order valence-corrected chi connectivity index (χ4v) is 2.81. The van der Waals surface area contributed by atoms with E-state index < -0.39 is 5.97 Å². The Morgan fingerprint density at radius 2 is 1.93 bits per heavy atom. The molecule has 7 nitrogen and oxygen atoms in total. The molecule has 0 unspecified atom stereocenters. The van der Waals surface area contributed by atoms with Gasteiger partial charge in [0.2, 0.25) is 5.95 Å². The summed E-state index contributed by atoms with van der Waals surface area (Å²) >= 11 is 0. The van der Waals surface area contributed by atoms with Crippen molar-refractivity contribution in [3.63, 3.8) is 0 Å². The Morgan fingerprint density at radius 1 is 1.07 bits per heavy atom. The van der Waals surface area contributed by atoms with Gasteiger partial charge in [-0.2, -0.15) is 4.98 Å². The number of hydrogen-bond acceptors (Lipinski definition) is 5. The summed E-state index contributed by atoms with van der Waals surface area (Å²) in [4.78, 5) is 15.6. The summed E-state index contributed by atoms with van der Waals surface area (Å²) in [6.07, 6.45) is 1.82. The van der Waals surface area contributed by atoms with E-state index in [0.29, 0.717) is 17.3 Å². The number of carbonyl (C=O) groups is 1. The number of benzene rings is 2. The van der Waals surface area contributed by atoms with Crippen LogP contribution in [0, 0.1) is 0 Å². The first-order chi connectivity index (χ1) is 13.1. The van der Waals surface area contributed by atoms with Gasteiger partial charge < -0.3 is 15.2 Å². The number of aromatic carboxylic acids is 1. The van der Waals surface area contributed by atoms with Crippen molar-refractivity contribution in [2.45, 2.75) is 0 Å². The van der Waals surface area contributed by atoms with E-state index in [1.165, 1.54) is 0 Å². The van der Waals surface area contributed by atoms with Crippen LogP contribution < -0.4 is 10.1 Å². The number of hydrogen-bond donors (Lipinski definition) is 2. The number of methoxy groups -OCH3 is 1. The van der Waals surface area contributed by atoms with Crippen LogP contribution in [0.1, 0.15) is 10.4 Å². The predicted molar refractivity (Wildman–Crippen MR) is 102 cm³/mol. The molecule has 0 aliphatic carbocycles. The van der Waals surface area contributed by atoms with Gasteiger partial charge in [0.15, 0.2) is 5.65 Å². The van der Waals surface area contributed by atoms with Gasteiger partial charge in [-0.25, -0.2) is 9.31 Å². The zero-order valence-corrected chi connectivity index (χ0v) is 14.5. The molecule has 0 bridgehead atoms. The van der Waals surface area contributed by atoms with Gasteiger partial charge in [0.05, 0.1) is 18.4 Å². The van der Waals surface area contributed by atoms with E-state index in [-0.39, 0.29) is 5.56 Å². The molecule has 27 heavy (non-hydrogen) atoms. The first kappa shape index (κ1) is 16.6. The molecular formula is C20H16N4O3. The molecule has 134 valence electrons. The minimum atomic E-state index is -0.957. The molecule has 0 aliphatic heterocycles. The molecule has 0 saturated carbocycles. The second-order valence-electron chi connectivity index (χ2n) is 5.87. The van der Waals surface area contributed by atoms with E-state index in [4.69, 9.17) is 9.84 Å². The minimum Gasteiger partial charge on any atom is -0.495 e. The maximum Gasteiger partial charge on any atom is 0.335 e. The van der Waals surface area contributed by atoms with Gasteiger partial charge in [0, 0.05) is 11.8 Å². The van der Waals surface area contributed by atoms with E-state index >= 15 is 0 Å². The van der Waals surface area contributed by atoms with Gasteiger partial charge >= 0.3 is 5.97 Å². The second kappa shape index (κ2) is 6.80. The number of aromatic nitrogens is 3. The lowest BCUT2D eigenvalue weighted by atomic mass is 10.1. The predicted octanol–water partition coefficient (Wildman–Crippen LogP) is 3.85. The first-order valence-electron chi connectivity index (χ1n) is 8.24. The van der Waals surface area contributed by atoms with Crippen LogP contribution in [0.4, 0.5) is 11.6 Å². The average molecular weight is 360 g/mol. The van der Waals surface area contributed by atoms with Crippen LogP contribution >= 0.6 is 0 Å². The van der Waals surface area contributed by atoms with Crippen LogP contribution in [0.2, 0.25) is 0 Å². The Balaban J connectivity index is 1.68. The van der Waals surface area contributed by atoms with Crippen LogP contribution in [0.5, 0.6) is 5.75 Å². The number of ether oxygens (including phenoxy) is 1. The fourth-order valence-electron chi connectivity index (χ4n) is 2.81.